The molecule has 0 spiro atoms. The number of unbranched alkanes of at least 4 members (excludes halogenated alkanes) is 14. The minimum Gasteiger partial charge on any atom is -0.549 e. The summed E-state index contributed by atoms with van der Waals surface area (Å²) in [4.78, 5) is 23.2. The van der Waals surface area contributed by atoms with Gasteiger partial charge in [0.15, 0.2) is 0 Å². The molecule has 0 fully saturated rings. The molecule has 0 bridgehead atoms. The largest absolute Gasteiger partial charge is 1.00 e. The van der Waals surface area contributed by atoms with Gasteiger partial charge in [-0.2, -0.15) is 0 Å². The van der Waals surface area contributed by atoms with Crippen molar-refractivity contribution in [2.24, 2.45) is 5.41 Å². The maximum Gasteiger partial charge on any atom is 1.00 e. The fourth-order valence-electron chi connectivity index (χ4n) is 3.74. The van der Waals surface area contributed by atoms with E-state index < -0.39 is 17.4 Å². The van der Waals surface area contributed by atoms with Crippen LogP contribution in [0.25, 0.3) is 0 Å². The summed E-state index contributed by atoms with van der Waals surface area (Å²) in [6.45, 7) is 4.37. The monoisotopic (exact) mass is 428 g/mol. The first-order valence-corrected chi connectivity index (χ1v) is 11.4. The molecule has 0 aliphatic heterocycles. The van der Waals surface area contributed by atoms with E-state index in [1.54, 1.807) is 0 Å². The molecule has 0 N–H and O–H groups in total. The molecule has 0 rings (SSSR count). The third kappa shape index (κ3) is 17.2. The van der Waals surface area contributed by atoms with Crippen molar-refractivity contribution in [1.29, 1.82) is 0 Å². The first kappa shape index (κ1) is 34.6. The Bertz CT molecular complexity index is 353. The van der Waals surface area contributed by atoms with E-state index >= 15 is 0 Å². The van der Waals surface area contributed by atoms with E-state index in [-0.39, 0.29) is 72.0 Å². The number of hydrogen-bond donors (Lipinski definition) is 0. The predicted octanol–water partition coefficient (Wildman–Crippen LogP) is -1.46. The quantitative estimate of drug-likeness (QED) is 0.135. The van der Waals surface area contributed by atoms with Crippen LogP contribution in [0.5, 0.6) is 0 Å². The Morgan fingerprint density at radius 3 is 1.00 bits per heavy atom. The molecule has 160 valence electrons. The van der Waals surface area contributed by atoms with Gasteiger partial charge in [0.2, 0.25) is 0 Å². The van der Waals surface area contributed by atoms with Crippen LogP contribution in [0, 0.1) is 5.41 Å². The van der Waals surface area contributed by atoms with E-state index in [4.69, 9.17) is 0 Å². The number of carboxylic acid groups (broad SMARTS) is 2. The second-order valence-corrected chi connectivity index (χ2v) is 8.11. The van der Waals surface area contributed by atoms with E-state index in [1.807, 2.05) is 0 Å². The van der Waals surface area contributed by atoms with Gasteiger partial charge < -0.3 is 19.8 Å². The fourth-order valence-corrected chi connectivity index (χ4v) is 3.74. The van der Waals surface area contributed by atoms with Crippen LogP contribution in [0.2, 0.25) is 0 Å². The smallest absolute Gasteiger partial charge is 0.549 e. The number of aliphatic carboxylic acids is 2. The molecule has 0 atom stereocenters. The van der Waals surface area contributed by atoms with Crippen LogP contribution in [0.3, 0.4) is 0 Å². The number of rotatable bonds is 20. The molecule has 29 heavy (non-hydrogen) atoms. The summed E-state index contributed by atoms with van der Waals surface area (Å²) in [5.74, 6) is -2.93. The first-order valence-electron chi connectivity index (χ1n) is 11.4. The van der Waals surface area contributed by atoms with Crippen LogP contribution in [0.15, 0.2) is 0 Å². The van der Waals surface area contributed by atoms with E-state index in [1.165, 1.54) is 51.4 Å². The Labute approximate surface area is 224 Å². The molecular formula is C23H42Na2O4. The van der Waals surface area contributed by atoms with E-state index in [2.05, 4.69) is 13.8 Å². The zero-order chi connectivity index (χ0) is 20.4. The van der Waals surface area contributed by atoms with Gasteiger partial charge in [0.1, 0.15) is 0 Å². The van der Waals surface area contributed by atoms with Gasteiger partial charge in [-0.15, -0.1) is 0 Å². The van der Waals surface area contributed by atoms with Crippen molar-refractivity contribution in [1.82, 2.24) is 0 Å². The minimum atomic E-state index is -1.80. The molecule has 0 amide bonds. The molecule has 0 heterocycles. The predicted molar refractivity (Wildman–Crippen MR) is 107 cm³/mol. The summed E-state index contributed by atoms with van der Waals surface area (Å²) >= 11 is 0. The third-order valence-corrected chi connectivity index (χ3v) is 5.70. The molecule has 0 aliphatic rings. The Hall–Kier alpha value is 0.940. The van der Waals surface area contributed by atoms with Crippen molar-refractivity contribution < 1.29 is 78.9 Å². The average molecular weight is 429 g/mol. The summed E-state index contributed by atoms with van der Waals surface area (Å²) in [5.41, 5.74) is -1.80. The second-order valence-electron chi connectivity index (χ2n) is 8.11. The summed E-state index contributed by atoms with van der Waals surface area (Å²) in [5, 5.41) is 23.2. The van der Waals surface area contributed by atoms with Crippen molar-refractivity contribution in [2.75, 3.05) is 0 Å². The minimum absolute atomic E-state index is 0. The average Bonchev–Trinajstić information content (AvgIpc) is 2.63. The van der Waals surface area contributed by atoms with Crippen LogP contribution in [0.1, 0.15) is 129 Å². The number of carbonyl (C=O) groups excluding carboxylic acids is 2. The maximum absolute atomic E-state index is 11.6. The van der Waals surface area contributed by atoms with Crippen molar-refractivity contribution in [3.05, 3.63) is 0 Å². The van der Waals surface area contributed by atoms with Gasteiger partial charge in [0.05, 0.1) is 11.9 Å². The van der Waals surface area contributed by atoms with Gasteiger partial charge in [-0.1, -0.05) is 117 Å². The Morgan fingerprint density at radius 2 is 0.759 bits per heavy atom. The Kier molecular flexibility index (Phi) is 28.1. The molecule has 0 unspecified atom stereocenters. The number of hydrogen-bond acceptors (Lipinski definition) is 4. The van der Waals surface area contributed by atoms with Crippen molar-refractivity contribution in [3.8, 4) is 0 Å². The van der Waals surface area contributed by atoms with Crippen LogP contribution in [0.4, 0.5) is 0 Å². The second kappa shape index (κ2) is 23.6. The van der Waals surface area contributed by atoms with Crippen molar-refractivity contribution in [2.45, 2.75) is 129 Å². The normalized spacial score (nSPS) is 10.8. The van der Waals surface area contributed by atoms with E-state index in [9.17, 15) is 19.8 Å². The van der Waals surface area contributed by atoms with Gasteiger partial charge in [-0.05, 0) is 12.8 Å². The van der Waals surface area contributed by atoms with Gasteiger partial charge in [0.25, 0.3) is 0 Å². The van der Waals surface area contributed by atoms with Crippen LogP contribution >= 0.6 is 0 Å². The molecule has 0 aromatic rings. The molecule has 0 aliphatic carbocycles. The third-order valence-electron chi connectivity index (χ3n) is 5.70. The maximum atomic E-state index is 11.6. The Morgan fingerprint density at radius 1 is 0.517 bits per heavy atom. The fraction of sp³-hybridized carbons (Fsp3) is 0.913. The zero-order valence-corrected chi connectivity index (χ0v) is 23.9. The number of carbonyl (C=O) groups is 2. The summed E-state index contributed by atoms with van der Waals surface area (Å²) in [6, 6.07) is 0. The first-order chi connectivity index (χ1) is 13.0. The summed E-state index contributed by atoms with van der Waals surface area (Å²) in [6.07, 6.45) is 17.5. The molecule has 0 aromatic heterocycles. The van der Waals surface area contributed by atoms with Gasteiger partial charge in [-0.25, -0.2) is 0 Å². The van der Waals surface area contributed by atoms with Crippen LogP contribution in [-0.4, -0.2) is 11.9 Å². The van der Waals surface area contributed by atoms with Gasteiger partial charge >= 0.3 is 59.1 Å². The summed E-state index contributed by atoms with van der Waals surface area (Å²) < 4.78 is 0. The molecule has 0 aromatic carbocycles. The van der Waals surface area contributed by atoms with Crippen LogP contribution < -0.4 is 69.3 Å². The topological polar surface area (TPSA) is 80.3 Å². The van der Waals surface area contributed by atoms with Gasteiger partial charge in [-0.3, -0.25) is 0 Å². The molecule has 6 heteroatoms. The van der Waals surface area contributed by atoms with E-state index in [0.717, 1.165) is 38.5 Å². The van der Waals surface area contributed by atoms with Gasteiger partial charge in [0, 0.05) is 5.41 Å². The molecule has 0 radical (unpaired) electrons. The molecule has 4 nitrogen and oxygen atoms in total. The zero-order valence-electron chi connectivity index (χ0n) is 19.9. The summed E-state index contributed by atoms with van der Waals surface area (Å²) in [7, 11) is 0. The number of carboxylic acids is 2. The standard InChI is InChI=1S/C23H44O4.2Na/c1-3-5-7-9-11-13-15-17-19-23(21(24)25,22(26)27)20-18-16-14-12-10-8-6-4-2;;/h3-20H2,1-2H3,(H,24,25)(H,26,27);;/q;2*+1/p-2. The SMILES string of the molecule is CCCCCCCCCCC(CCCCCCCCCC)(C(=O)[O-])C(=O)[O-].[Na+].[Na+]. The molecule has 0 saturated carbocycles. The van der Waals surface area contributed by atoms with Crippen molar-refractivity contribution >= 4 is 11.9 Å². The van der Waals surface area contributed by atoms with Crippen LogP contribution in [-0.2, 0) is 9.59 Å². The molecular weight excluding hydrogens is 386 g/mol. The van der Waals surface area contributed by atoms with E-state index in [0.29, 0.717) is 12.8 Å². The van der Waals surface area contributed by atoms with Crippen molar-refractivity contribution in [3.63, 3.8) is 0 Å². The molecule has 0 saturated heterocycles. The Balaban J connectivity index is -0.00000338.